The second-order valence-corrected chi connectivity index (χ2v) is 7.87. The predicted molar refractivity (Wildman–Crippen MR) is 125 cm³/mol. The fourth-order valence-corrected chi connectivity index (χ4v) is 3.52. The van der Waals surface area contributed by atoms with Crippen LogP contribution in [0.1, 0.15) is 48.0 Å². The van der Waals surface area contributed by atoms with Crippen molar-refractivity contribution in [2.75, 3.05) is 0 Å². The van der Waals surface area contributed by atoms with Gasteiger partial charge in [0.05, 0.1) is 5.69 Å². The first kappa shape index (κ1) is 23.8. The molecule has 0 fully saturated rings. The van der Waals surface area contributed by atoms with Crippen molar-refractivity contribution in [3.05, 3.63) is 94.3 Å². The van der Waals surface area contributed by atoms with Crippen molar-refractivity contribution < 1.29 is 18.3 Å². The van der Waals surface area contributed by atoms with E-state index in [4.69, 9.17) is 10.1 Å². The van der Waals surface area contributed by atoms with Crippen LogP contribution in [0.25, 0.3) is 5.57 Å². The first-order valence-corrected chi connectivity index (χ1v) is 10.4. The molecule has 0 unspecified atom stereocenters. The summed E-state index contributed by atoms with van der Waals surface area (Å²) in [6, 6.07) is 11.7. The lowest BCUT2D eigenvalue weighted by atomic mass is 10.0. The van der Waals surface area contributed by atoms with Gasteiger partial charge in [0.25, 0.3) is 5.91 Å². The molecule has 0 aliphatic rings. The molecule has 5 nitrogen and oxygen atoms in total. The highest BCUT2D eigenvalue weighted by atomic mass is 19.1. The summed E-state index contributed by atoms with van der Waals surface area (Å²) in [7, 11) is 0. The smallest absolute Gasteiger partial charge is 0.251 e. The molecule has 2 aromatic carbocycles. The van der Waals surface area contributed by atoms with Crippen molar-refractivity contribution >= 4 is 17.2 Å². The monoisotopic (exact) mass is 449 g/mol. The van der Waals surface area contributed by atoms with Gasteiger partial charge < -0.3 is 15.5 Å². The number of hydrogen-bond donors (Lipinski definition) is 2. The number of carbonyl (C=O) groups excluding carboxylic acids is 1. The SMILES string of the molecule is CC(=N)C(=C(C)C)c1cc(Oc2cccc(C(=O)NCc3cc(F)cc(F)c3)c2C)ccn1. The number of carbonyl (C=O) groups is 1. The second-order valence-electron chi connectivity index (χ2n) is 7.87. The fraction of sp³-hybridized carbons (Fsp3) is 0.192. The van der Waals surface area contributed by atoms with Crippen LogP contribution in [0.4, 0.5) is 8.78 Å². The molecule has 0 bridgehead atoms. The molecule has 0 saturated heterocycles. The van der Waals surface area contributed by atoms with Gasteiger partial charge in [-0.3, -0.25) is 9.78 Å². The maximum Gasteiger partial charge on any atom is 0.251 e. The van der Waals surface area contributed by atoms with E-state index in [0.29, 0.717) is 39.6 Å². The van der Waals surface area contributed by atoms with E-state index in [1.807, 2.05) is 13.8 Å². The molecule has 3 aromatic rings. The highest BCUT2D eigenvalue weighted by molar-refractivity contribution is 6.21. The molecule has 1 aromatic heterocycles. The third kappa shape index (κ3) is 5.88. The van der Waals surface area contributed by atoms with Crippen molar-refractivity contribution in [3.8, 4) is 11.5 Å². The third-order valence-electron chi connectivity index (χ3n) is 4.99. The number of hydrogen-bond acceptors (Lipinski definition) is 4. The van der Waals surface area contributed by atoms with E-state index in [1.54, 1.807) is 50.4 Å². The Kier molecular flexibility index (Phi) is 7.33. The predicted octanol–water partition coefficient (Wildman–Crippen LogP) is 6.22. The summed E-state index contributed by atoms with van der Waals surface area (Å²) in [5, 5.41) is 10.7. The van der Waals surface area contributed by atoms with Crippen LogP contribution in [-0.4, -0.2) is 16.6 Å². The van der Waals surface area contributed by atoms with E-state index in [2.05, 4.69) is 10.3 Å². The number of amides is 1. The first-order chi connectivity index (χ1) is 15.7. The molecule has 0 atom stereocenters. The number of halogens is 2. The van der Waals surface area contributed by atoms with E-state index < -0.39 is 11.6 Å². The molecule has 170 valence electrons. The van der Waals surface area contributed by atoms with Crippen LogP contribution >= 0.6 is 0 Å². The van der Waals surface area contributed by atoms with Gasteiger partial charge in [0.2, 0.25) is 0 Å². The lowest BCUT2D eigenvalue weighted by molar-refractivity contribution is 0.0950. The lowest BCUT2D eigenvalue weighted by Crippen LogP contribution is -2.23. The molecule has 0 aliphatic carbocycles. The van der Waals surface area contributed by atoms with Gasteiger partial charge in [0, 0.05) is 47.3 Å². The van der Waals surface area contributed by atoms with E-state index in [0.717, 1.165) is 17.2 Å². The zero-order valence-corrected chi connectivity index (χ0v) is 18.9. The summed E-state index contributed by atoms with van der Waals surface area (Å²) in [5.41, 5.74) is 4.09. The van der Waals surface area contributed by atoms with Crippen molar-refractivity contribution in [1.82, 2.24) is 10.3 Å². The maximum absolute atomic E-state index is 13.4. The Morgan fingerprint density at radius 3 is 2.39 bits per heavy atom. The quantitative estimate of drug-likeness (QED) is 0.420. The first-order valence-electron chi connectivity index (χ1n) is 10.4. The number of aromatic nitrogens is 1. The van der Waals surface area contributed by atoms with Gasteiger partial charge in [-0.2, -0.15) is 0 Å². The van der Waals surface area contributed by atoms with Gasteiger partial charge in [0.1, 0.15) is 23.1 Å². The minimum atomic E-state index is -0.697. The van der Waals surface area contributed by atoms with Gasteiger partial charge in [-0.25, -0.2) is 8.78 Å². The molecule has 0 aliphatic heterocycles. The van der Waals surface area contributed by atoms with E-state index in [1.165, 1.54) is 12.1 Å². The maximum atomic E-state index is 13.4. The normalized spacial score (nSPS) is 10.5. The second kappa shape index (κ2) is 10.2. The highest BCUT2D eigenvalue weighted by Crippen LogP contribution is 2.29. The average Bonchev–Trinajstić information content (AvgIpc) is 2.73. The van der Waals surface area contributed by atoms with Gasteiger partial charge in [-0.15, -0.1) is 0 Å². The lowest BCUT2D eigenvalue weighted by Gasteiger charge is -2.14. The van der Waals surface area contributed by atoms with Crippen molar-refractivity contribution in [2.24, 2.45) is 0 Å². The summed E-state index contributed by atoms with van der Waals surface area (Å²) in [5.74, 6) is -0.767. The summed E-state index contributed by atoms with van der Waals surface area (Å²) in [4.78, 5) is 17.1. The van der Waals surface area contributed by atoms with Crippen LogP contribution < -0.4 is 10.1 Å². The van der Waals surface area contributed by atoms with Gasteiger partial charge >= 0.3 is 0 Å². The highest BCUT2D eigenvalue weighted by Gasteiger charge is 2.15. The molecule has 0 radical (unpaired) electrons. The third-order valence-corrected chi connectivity index (χ3v) is 4.99. The number of allylic oxidation sites excluding steroid dienone is 2. The standard InChI is InChI=1S/C26H25F2N3O2/c1-15(2)25(17(4)29)23-13-21(8-9-30-23)33-24-7-5-6-22(16(24)3)26(32)31-14-18-10-19(27)12-20(28)11-18/h5-13,29H,14H2,1-4H3,(H,31,32). The fourth-order valence-electron chi connectivity index (χ4n) is 3.52. The number of pyridine rings is 1. The molecule has 33 heavy (non-hydrogen) atoms. The Balaban J connectivity index is 1.80. The van der Waals surface area contributed by atoms with E-state index in [9.17, 15) is 13.6 Å². The van der Waals surface area contributed by atoms with Crippen LogP contribution in [0.2, 0.25) is 0 Å². The molecular formula is C26H25F2N3O2. The Labute approximate surface area is 191 Å². The van der Waals surface area contributed by atoms with Crippen LogP contribution in [0, 0.1) is 24.0 Å². The minimum Gasteiger partial charge on any atom is -0.457 e. The number of rotatable bonds is 7. The molecule has 2 N–H and O–H groups in total. The molecular weight excluding hydrogens is 424 g/mol. The molecule has 3 rings (SSSR count). The number of nitrogens with one attached hydrogen (secondary N) is 2. The van der Waals surface area contributed by atoms with Crippen molar-refractivity contribution in [1.29, 1.82) is 5.41 Å². The van der Waals surface area contributed by atoms with Crippen LogP contribution in [0.15, 0.2) is 60.3 Å². The number of benzene rings is 2. The summed E-state index contributed by atoms with van der Waals surface area (Å²) in [6.07, 6.45) is 1.61. The summed E-state index contributed by atoms with van der Waals surface area (Å²) >= 11 is 0. The van der Waals surface area contributed by atoms with E-state index in [-0.39, 0.29) is 12.5 Å². The number of nitrogens with zero attached hydrogens (tertiary/aromatic N) is 1. The minimum absolute atomic E-state index is 0.0137. The van der Waals surface area contributed by atoms with Gasteiger partial charge in [-0.05, 0) is 63.6 Å². The van der Waals surface area contributed by atoms with Crippen molar-refractivity contribution in [2.45, 2.75) is 34.2 Å². The van der Waals surface area contributed by atoms with Gasteiger partial charge in [-0.1, -0.05) is 11.6 Å². The van der Waals surface area contributed by atoms with Crippen LogP contribution in [0.3, 0.4) is 0 Å². The van der Waals surface area contributed by atoms with Crippen LogP contribution in [0.5, 0.6) is 11.5 Å². The molecule has 1 amide bonds. The van der Waals surface area contributed by atoms with E-state index >= 15 is 0 Å². The average molecular weight is 450 g/mol. The topological polar surface area (TPSA) is 75.1 Å². The Morgan fingerprint density at radius 1 is 1.06 bits per heavy atom. The molecule has 0 spiro atoms. The summed E-state index contributed by atoms with van der Waals surface area (Å²) in [6.45, 7) is 7.31. The zero-order chi connectivity index (χ0) is 24.1. The molecule has 1 heterocycles. The Hall–Kier alpha value is -3.87. The summed E-state index contributed by atoms with van der Waals surface area (Å²) < 4.78 is 32.8. The van der Waals surface area contributed by atoms with Crippen molar-refractivity contribution in [3.63, 3.8) is 0 Å². The van der Waals surface area contributed by atoms with Crippen LogP contribution in [-0.2, 0) is 6.54 Å². The zero-order valence-electron chi connectivity index (χ0n) is 18.9. The Morgan fingerprint density at radius 2 is 1.76 bits per heavy atom. The van der Waals surface area contributed by atoms with Gasteiger partial charge in [0.15, 0.2) is 0 Å². The molecule has 7 heteroatoms. The molecule has 0 saturated carbocycles. The number of ether oxygens (including phenoxy) is 1. The Bertz CT molecular complexity index is 1230. The largest absolute Gasteiger partial charge is 0.457 e.